The summed E-state index contributed by atoms with van der Waals surface area (Å²) in [5.74, 6) is -0.213. The van der Waals surface area contributed by atoms with Crippen LogP contribution in [0.5, 0.6) is 0 Å². The highest BCUT2D eigenvalue weighted by Gasteiger charge is 2.10. The Morgan fingerprint density at radius 3 is 3.00 bits per heavy atom. The third-order valence-corrected chi connectivity index (χ3v) is 2.21. The molecule has 0 radical (unpaired) electrons. The number of amides is 1. The SMILES string of the molecule is CCN(C)CCNC(=O)c1[nH]ncc1N. The van der Waals surface area contributed by atoms with Gasteiger partial charge in [0.05, 0.1) is 11.9 Å². The maximum Gasteiger partial charge on any atom is 0.271 e. The quantitative estimate of drug-likeness (QED) is 0.622. The average molecular weight is 211 g/mol. The Morgan fingerprint density at radius 2 is 2.47 bits per heavy atom. The summed E-state index contributed by atoms with van der Waals surface area (Å²) < 4.78 is 0. The molecule has 0 aromatic carbocycles. The van der Waals surface area contributed by atoms with Crippen LogP contribution in [0.1, 0.15) is 17.4 Å². The van der Waals surface area contributed by atoms with Gasteiger partial charge in [-0.05, 0) is 13.6 Å². The molecule has 84 valence electrons. The van der Waals surface area contributed by atoms with Crippen molar-refractivity contribution < 1.29 is 4.79 Å². The van der Waals surface area contributed by atoms with Crippen LogP contribution in [0.4, 0.5) is 5.69 Å². The van der Waals surface area contributed by atoms with Gasteiger partial charge in [0.2, 0.25) is 0 Å². The van der Waals surface area contributed by atoms with E-state index in [4.69, 9.17) is 5.73 Å². The number of H-pyrrole nitrogens is 1. The summed E-state index contributed by atoms with van der Waals surface area (Å²) >= 11 is 0. The zero-order valence-corrected chi connectivity index (χ0v) is 9.08. The first-order valence-corrected chi connectivity index (χ1v) is 4.90. The van der Waals surface area contributed by atoms with Crippen LogP contribution in [0.25, 0.3) is 0 Å². The fourth-order valence-corrected chi connectivity index (χ4v) is 1.08. The molecule has 6 heteroatoms. The Balaban J connectivity index is 2.34. The normalized spacial score (nSPS) is 10.6. The minimum atomic E-state index is -0.213. The maximum atomic E-state index is 11.5. The minimum Gasteiger partial charge on any atom is -0.396 e. The van der Waals surface area contributed by atoms with Crippen LogP contribution < -0.4 is 11.1 Å². The summed E-state index contributed by atoms with van der Waals surface area (Å²) in [5, 5.41) is 9.00. The molecular weight excluding hydrogens is 194 g/mol. The number of carbonyl (C=O) groups excluding carboxylic acids is 1. The lowest BCUT2D eigenvalue weighted by molar-refractivity contribution is 0.0946. The van der Waals surface area contributed by atoms with E-state index < -0.39 is 0 Å². The molecule has 0 bridgehead atoms. The molecule has 0 fully saturated rings. The Kier molecular flexibility index (Phi) is 4.11. The van der Waals surface area contributed by atoms with E-state index in [0.717, 1.165) is 13.1 Å². The van der Waals surface area contributed by atoms with Gasteiger partial charge < -0.3 is 16.0 Å². The van der Waals surface area contributed by atoms with Gasteiger partial charge >= 0.3 is 0 Å². The van der Waals surface area contributed by atoms with E-state index in [1.165, 1.54) is 6.20 Å². The molecule has 1 aromatic heterocycles. The molecule has 0 atom stereocenters. The number of nitrogens with zero attached hydrogens (tertiary/aromatic N) is 2. The Hall–Kier alpha value is -1.56. The average Bonchev–Trinajstić information content (AvgIpc) is 2.64. The van der Waals surface area contributed by atoms with E-state index in [1.54, 1.807) is 0 Å². The van der Waals surface area contributed by atoms with Gasteiger partial charge in [-0.25, -0.2) is 0 Å². The van der Waals surface area contributed by atoms with Gasteiger partial charge in [-0.2, -0.15) is 5.10 Å². The minimum absolute atomic E-state index is 0.213. The molecule has 15 heavy (non-hydrogen) atoms. The van der Waals surface area contributed by atoms with Gasteiger partial charge in [-0.3, -0.25) is 9.89 Å². The third kappa shape index (κ3) is 3.25. The Labute approximate surface area is 88.8 Å². The molecule has 1 rings (SSSR count). The van der Waals surface area contributed by atoms with Crippen LogP contribution in [-0.2, 0) is 0 Å². The topological polar surface area (TPSA) is 87.0 Å². The maximum absolute atomic E-state index is 11.5. The molecule has 4 N–H and O–H groups in total. The number of rotatable bonds is 5. The lowest BCUT2D eigenvalue weighted by Gasteiger charge is -2.13. The summed E-state index contributed by atoms with van der Waals surface area (Å²) in [7, 11) is 2.00. The molecule has 1 heterocycles. The van der Waals surface area contributed by atoms with Gasteiger partial charge in [-0.1, -0.05) is 6.92 Å². The van der Waals surface area contributed by atoms with Gasteiger partial charge in [-0.15, -0.1) is 0 Å². The number of anilines is 1. The zero-order chi connectivity index (χ0) is 11.3. The summed E-state index contributed by atoms with van der Waals surface area (Å²) in [6.45, 7) is 4.44. The molecule has 1 aromatic rings. The molecular formula is C9H17N5O. The number of hydrogen-bond donors (Lipinski definition) is 3. The van der Waals surface area contributed by atoms with E-state index in [0.29, 0.717) is 17.9 Å². The second-order valence-electron chi connectivity index (χ2n) is 3.35. The van der Waals surface area contributed by atoms with Crippen molar-refractivity contribution in [3.05, 3.63) is 11.9 Å². The van der Waals surface area contributed by atoms with Gasteiger partial charge in [0.15, 0.2) is 0 Å². The van der Waals surface area contributed by atoms with Crippen LogP contribution in [0.2, 0.25) is 0 Å². The van der Waals surface area contributed by atoms with Gasteiger partial charge in [0.1, 0.15) is 5.69 Å². The molecule has 0 aliphatic carbocycles. The Bertz CT molecular complexity index is 322. The van der Waals surface area contributed by atoms with Crippen molar-refractivity contribution in [1.82, 2.24) is 20.4 Å². The number of likely N-dealkylation sites (N-methyl/N-ethyl adjacent to an activating group) is 1. The molecule has 1 amide bonds. The van der Waals surface area contributed by atoms with Crippen molar-refractivity contribution in [2.45, 2.75) is 6.92 Å². The molecule has 0 saturated carbocycles. The van der Waals surface area contributed by atoms with Crippen molar-refractivity contribution >= 4 is 11.6 Å². The van der Waals surface area contributed by atoms with E-state index >= 15 is 0 Å². The van der Waals surface area contributed by atoms with E-state index in [9.17, 15) is 4.79 Å². The van der Waals surface area contributed by atoms with Crippen molar-refractivity contribution in [1.29, 1.82) is 0 Å². The van der Waals surface area contributed by atoms with Crippen LogP contribution in [0.3, 0.4) is 0 Å². The van der Waals surface area contributed by atoms with Crippen LogP contribution >= 0.6 is 0 Å². The summed E-state index contributed by atoms with van der Waals surface area (Å²) in [4.78, 5) is 13.6. The smallest absolute Gasteiger partial charge is 0.271 e. The first-order valence-electron chi connectivity index (χ1n) is 4.90. The predicted octanol–water partition coefficient (Wildman–Crippen LogP) is -0.327. The number of carbonyl (C=O) groups is 1. The molecule has 6 nitrogen and oxygen atoms in total. The number of nitrogen functional groups attached to an aromatic ring is 1. The van der Waals surface area contributed by atoms with Crippen molar-refractivity contribution in [3.63, 3.8) is 0 Å². The first kappa shape index (κ1) is 11.5. The van der Waals surface area contributed by atoms with Gasteiger partial charge in [0.25, 0.3) is 5.91 Å². The second-order valence-corrected chi connectivity index (χ2v) is 3.35. The highest BCUT2D eigenvalue weighted by Crippen LogP contribution is 2.04. The fraction of sp³-hybridized carbons (Fsp3) is 0.556. The van der Waals surface area contributed by atoms with E-state index in [-0.39, 0.29) is 5.91 Å². The predicted molar refractivity (Wildman–Crippen MR) is 58.5 cm³/mol. The molecule has 0 unspecified atom stereocenters. The second kappa shape index (κ2) is 5.35. The molecule has 0 saturated heterocycles. The van der Waals surface area contributed by atoms with E-state index in [1.807, 2.05) is 7.05 Å². The van der Waals surface area contributed by atoms with Crippen molar-refractivity contribution in [2.75, 3.05) is 32.4 Å². The fourth-order valence-electron chi connectivity index (χ4n) is 1.08. The zero-order valence-electron chi connectivity index (χ0n) is 9.08. The summed E-state index contributed by atoms with van der Waals surface area (Å²) in [6.07, 6.45) is 1.42. The lowest BCUT2D eigenvalue weighted by atomic mass is 10.3. The highest BCUT2D eigenvalue weighted by molar-refractivity contribution is 5.96. The summed E-state index contributed by atoms with van der Waals surface area (Å²) in [6, 6.07) is 0. The standard InChI is InChI=1S/C9H17N5O/c1-3-14(2)5-4-11-9(15)8-7(10)6-12-13-8/h6H,3-5,10H2,1-2H3,(H,11,15)(H,12,13). The van der Waals surface area contributed by atoms with Crippen molar-refractivity contribution in [3.8, 4) is 0 Å². The largest absolute Gasteiger partial charge is 0.396 e. The number of hydrogen-bond acceptors (Lipinski definition) is 4. The third-order valence-electron chi connectivity index (χ3n) is 2.21. The van der Waals surface area contributed by atoms with Crippen LogP contribution in [-0.4, -0.2) is 47.7 Å². The molecule has 0 aliphatic rings. The number of aromatic nitrogens is 2. The van der Waals surface area contributed by atoms with Crippen molar-refractivity contribution in [2.24, 2.45) is 0 Å². The molecule has 0 aliphatic heterocycles. The highest BCUT2D eigenvalue weighted by atomic mass is 16.1. The number of nitrogens with two attached hydrogens (primary N) is 1. The number of aromatic amines is 1. The van der Waals surface area contributed by atoms with Gasteiger partial charge in [0, 0.05) is 13.1 Å². The molecule has 0 spiro atoms. The van der Waals surface area contributed by atoms with E-state index in [2.05, 4.69) is 27.3 Å². The Morgan fingerprint density at radius 1 is 1.73 bits per heavy atom. The van der Waals surface area contributed by atoms with Crippen LogP contribution in [0, 0.1) is 0 Å². The summed E-state index contributed by atoms with van der Waals surface area (Å²) in [5.41, 5.74) is 6.23. The first-order chi connectivity index (χ1) is 7.15. The van der Waals surface area contributed by atoms with Crippen LogP contribution in [0.15, 0.2) is 6.20 Å². The lowest BCUT2D eigenvalue weighted by Crippen LogP contribution is -2.33. The monoisotopic (exact) mass is 211 g/mol. The number of nitrogens with one attached hydrogen (secondary N) is 2.